The Balaban J connectivity index is 1.30. The van der Waals surface area contributed by atoms with Gasteiger partial charge in [0.15, 0.2) is 8.07 Å². The van der Waals surface area contributed by atoms with Crippen molar-refractivity contribution in [1.29, 1.82) is 0 Å². The quantitative estimate of drug-likeness (QED) is 0.177. The third kappa shape index (κ3) is 3.89. The summed E-state index contributed by atoms with van der Waals surface area (Å²) >= 11 is 0. The Kier molecular flexibility index (Phi) is 5.95. The average Bonchev–Trinajstić information content (AvgIpc) is 3.83. The van der Waals surface area contributed by atoms with Gasteiger partial charge in [-0.3, -0.25) is 4.57 Å². The Morgan fingerprint density at radius 1 is 0.451 bits per heavy atom. The molecule has 4 nitrogen and oxygen atoms in total. The summed E-state index contributed by atoms with van der Waals surface area (Å²) in [6.45, 7) is 0. The molecule has 11 rings (SSSR count). The highest BCUT2D eigenvalue weighted by Gasteiger charge is 2.51. The second-order valence-electron chi connectivity index (χ2n) is 13.3. The Morgan fingerprint density at radius 3 is 1.82 bits per heavy atom. The van der Waals surface area contributed by atoms with Gasteiger partial charge in [0.25, 0.3) is 0 Å². The Bertz CT molecular complexity index is 2930. The van der Waals surface area contributed by atoms with E-state index in [0.29, 0.717) is 5.95 Å². The zero-order valence-electron chi connectivity index (χ0n) is 27.5. The van der Waals surface area contributed by atoms with Gasteiger partial charge in [-0.05, 0) is 33.8 Å². The molecule has 238 valence electrons. The van der Waals surface area contributed by atoms with Crippen LogP contribution in [0.5, 0.6) is 0 Å². The molecule has 10 aromatic rings. The molecular formula is C46H29N3OSi. The summed E-state index contributed by atoms with van der Waals surface area (Å²) < 4.78 is 8.67. The number of aromatic nitrogens is 3. The summed E-state index contributed by atoms with van der Waals surface area (Å²) in [6, 6.07) is 63.0. The highest BCUT2D eigenvalue weighted by atomic mass is 28.3. The summed E-state index contributed by atoms with van der Waals surface area (Å²) in [7, 11) is -2.87. The Morgan fingerprint density at radius 2 is 1.06 bits per heavy atom. The Labute approximate surface area is 294 Å². The van der Waals surface area contributed by atoms with Gasteiger partial charge in [0, 0.05) is 43.9 Å². The largest absolute Gasteiger partial charge is 0.456 e. The predicted molar refractivity (Wildman–Crippen MR) is 212 cm³/mol. The first-order valence-corrected chi connectivity index (χ1v) is 19.3. The van der Waals surface area contributed by atoms with Gasteiger partial charge in [-0.1, -0.05) is 152 Å². The topological polar surface area (TPSA) is 43.9 Å². The summed E-state index contributed by atoms with van der Waals surface area (Å²) in [6.07, 6.45) is 0. The smallest absolute Gasteiger partial charge is 0.235 e. The molecule has 3 aromatic heterocycles. The van der Waals surface area contributed by atoms with Gasteiger partial charge < -0.3 is 4.42 Å². The molecule has 4 heterocycles. The lowest BCUT2D eigenvalue weighted by Crippen LogP contribution is -2.73. The number of hydrogen-bond donors (Lipinski definition) is 0. The summed E-state index contributed by atoms with van der Waals surface area (Å²) in [5.41, 5.74) is 8.04. The van der Waals surface area contributed by atoms with Crippen LogP contribution in [0.1, 0.15) is 0 Å². The molecule has 0 saturated heterocycles. The number of nitrogens with zero attached hydrogens (tertiary/aromatic N) is 3. The lowest BCUT2D eigenvalue weighted by Gasteiger charge is -2.32. The van der Waals surface area contributed by atoms with E-state index in [1.165, 1.54) is 26.3 Å². The number of furan rings is 1. The average molecular weight is 668 g/mol. The molecule has 7 aromatic carbocycles. The fraction of sp³-hybridized carbons (Fsp3) is 0. The van der Waals surface area contributed by atoms with Crippen molar-refractivity contribution in [2.75, 3.05) is 0 Å². The van der Waals surface area contributed by atoms with E-state index in [-0.39, 0.29) is 0 Å². The highest BCUT2D eigenvalue weighted by molar-refractivity contribution is 7.22. The van der Waals surface area contributed by atoms with Crippen molar-refractivity contribution in [3.8, 4) is 28.5 Å². The summed E-state index contributed by atoms with van der Waals surface area (Å²) in [5, 5.41) is 9.74. The van der Waals surface area contributed by atoms with Gasteiger partial charge in [-0.2, -0.15) is 0 Å². The minimum Gasteiger partial charge on any atom is -0.456 e. The zero-order chi connectivity index (χ0) is 33.5. The van der Waals surface area contributed by atoms with Crippen molar-refractivity contribution in [3.05, 3.63) is 176 Å². The molecule has 1 aliphatic heterocycles. The van der Waals surface area contributed by atoms with E-state index in [2.05, 4.69) is 168 Å². The number of hydrogen-bond acceptors (Lipinski definition) is 3. The van der Waals surface area contributed by atoms with Gasteiger partial charge in [0.2, 0.25) is 5.95 Å². The van der Waals surface area contributed by atoms with Crippen molar-refractivity contribution >= 4 is 72.6 Å². The van der Waals surface area contributed by atoms with E-state index >= 15 is 0 Å². The molecule has 0 radical (unpaired) electrons. The molecule has 0 fully saturated rings. The maximum Gasteiger partial charge on any atom is 0.235 e. The lowest BCUT2D eigenvalue weighted by atomic mass is 10.1. The molecule has 0 aliphatic carbocycles. The molecule has 0 saturated carbocycles. The normalized spacial score (nSPS) is 13.3. The summed E-state index contributed by atoms with van der Waals surface area (Å²) in [5.74, 6) is 0.648. The molecule has 0 amide bonds. The van der Waals surface area contributed by atoms with Crippen LogP contribution in [0.2, 0.25) is 0 Å². The van der Waals surface area contributed by atoms with E-state index in [4.69, 9.17) is 14.4 Å². The van der Waals surface area contributed by atoms with Crippen LogP contribution in [0.15, 0.2) is 180 Å². The lowest BCUT2D eigenvalue weighted by molar-refractivity contribution is 0.669. The highest BCUT2D eigenvalue weighted by Crippen LogP contribution is 2.39. The minimum absolute atomic E-state index is 0.648. The first-order chi connectivity index (χ1) is 25.3. The van der Waals surface area contributed by atoms with Crippen molar-refractivity contribution in [2.45, 2.75) is 0 Å². The van der Waals surface area contributed by atoms with Crippen LogP contribution >= 0.6 is 0 Å². The van der Waals surface area contributed by atoms with E-state index in [1.807, 2.05) is 12.1 Å². The van der Waals surface area contributed by atoms with E-state index < -0.39 is 8.07 Å². The van der Waals surface area contributed by atoms with Crippen LogP contribution < -0.4 is 20.7 Å². The van der Waals surface area contributed by atoms with Gasteiger partial charge in [-0.15, -0.1) is 0 Å². The van der Waals surface area contributed by atoms with Crippen molar-refractivity contribution in [1.82, 2.24) is 14.5 Å². The van der Waals surface area contributed by atoms with Crippen molar-refractivity contribution in [3.63, 3.8) is 0 Å². The van der Waals surface area contributed by atoms with E-state index in [0.717, 1.165) is 60.7 Å². The van der Waals surface area contributed by atoms with Gasteiger partial charge in [-0.25, -0.2) is 9.97 Å². The fourth-order valence-corrected chi connectivity index (χ4v) is 13.8. The van der Waals surface area contributed by atoms with Crippen LogP contribution in [0, 0.1) is 0 Å². The SMILES string of the molecule is c1ccc(-c2nc(-n3c4ccccc4c4cc5c(cc43)oc3ccccc35)nc3c2[Si](c2ccccc2)(c2ccccc2)c2ccccc2-3)cc1. The molecule has 0 bridgehead atoms. The number of fused-ring (bicyclic) bond motifs is 9. The molecule has 0 spiro atoms. The number of rotatable bonds is 4. The molecule has 0 N–H and O–H groups in total. The summed E-state index contributed by atoms with van der Waals surface area (Å²) in [4.78, 5) is 11.3. The van der Waals surface area contributed by atoms with Crippen LogP contribution in [0.3, 0.4) is 0 Å². The molecule has 51 heavy (non-hydrogen) atoms. The van der Waals surface area contributed by atoms with Crippen molar-refractivity contribution in [2.24, 2.45) is 0 Å². The monoisotopic (exact) mass is 667 g/mol. The minimum atomic E-state index is -2.87. The third-order valence-electron chi connectivity index (χ3n) is 10.7. The molecule has 0 atom stereocenters. The first-order valence-electron chi connectivity index (χ1n) is 17.3. The van der Waals surface area contributed by atoms with Crippen LogP contribution in [0.25, 0.3) is 72.2 Å². The standard InChI is InChI=1S/C46H29N3OSi/c1-4-16-30(17-5-1)43-45-44(35-24-12-15-27-42(35)51(45,31-18-6-2-7-19-31)32-20-8-3-9-21-32)48-46(47-43)49-38-25-13-10-22-33(38)36-28-37-34-23-11-14-26-40(34)50-41(37)29-39(36)49/h1-29H. The number of benzene rings is 7. The second kappa shape index (κ2) is 10.7. The molecular weight excluding hydrogens is 639 g/mol. The molecule has 0 unspecified atom stereocenters. The van der Waals surface area contributed by atoms with Gasteiger partial charge in [0.1, 0.15) is 11.2 Å². The van der Waals surface area contributed by atoms with Crippen LogP contribution in [-0.2, 0) is 0 Å². The van der Waals surface area contributed by atoms with Gasteiger partial charge in [0.05, 0.1) is 22.4 Å². The fourth-order valence-electron chi connectivity index (χ4n) is 8.60. The van der Waals surface area contributed by atoms with E-state index in [1.54, 1.807) is 0 Å². The molecule has 1 aliphatic rings. The van der Waals surface area contributed by atoms with Crippen molar-refractivity contribution < 1.29 is 4.42 Å². The first kappa shape index (κ1) is 28.3. The maximum absolute atomic E-state index is 6.44. The third-order valence-corrected chi connectivity index (χ3v) is 15.6. The predicted octanol–water partition coefficient (Wildman–Crippen LogP) is 8.50. The van der Waals surface area contributed by atoms with E-state index in [9.17, 15) is 0 Å². The maximum atomic E-state index is 6.44. The zero-order valence-corrected chi connectivity index (χ0v) is 28.5. The van der Waals surface area contributed by atoms with Crippen LogP contribution in [0.4, 0.5) is 0 Å². The Hall–Kier alpha value is -6.56. The van der Waals surface area contributed by atoms with Gasteiger partial charge >= 0.3 is 0 Å². The van der Waals surface area contributed by atoms with Crippen LogP contribution in [-0.4, -0.2) is 22.6 Å². The molecule has 5 heteroatoms. The number of para-hydroxylation sites is 2. The second-order valence-corrected chi connectivity index (χ2v) is 17.0.